The number of carboxylic acid groups (broad SMARTS) is 1. The number of alkyl halides is 6. The van der Waals surface area contributed by atoms with Gasteiger partial charge in [-0.1, -0.05) is 83.7 Å². The number of carbonyl (C=O) groups is 3. The molecule has 0 saturated heterocycles. The number of hydrogen-bond acceptors (Lipinski definition) is 10. The van der Waals surface area contributed by atoms with E-state index in [9.17, 15) is 42.2 Å². The van der Waals surface area contributed by atoms with Crippen molar-refractivity contribution >= 4 is 100 Å². The summed E-state index contributed by atoms with van der Waals surface area (Å²) in [4.78, 5) is 54.0. The number of nitrogens with two attached hydrogens (primary N) is 2. The van der Waals surface area contributed by atoms with Crippen molar-refractivity contribution in [2.24, 2.45) is 5.73 Å². The average molecular weight is 1000 g/mol. The predicted octanol–water partition coefficient (Wildman–Crippen LogP) is 8.49. The molecule has 2 unspecified atom stereocenters. The fourth-order valence-corrected chi connectivity index (χ4v) is 6.54. The first-order chi connectivity index (χ1) is 28.7. The Morgan fingerprint density at radius 3 is 2.06 bits per heavy atom. The Labute approximate surface area is 381 Å². The van der Waals surface area contributed by atoms with Gasteiger partial charge in [-0.3, -0.25) is 34.0 Å². The standard InChI is InChI=1S/C14H20ClNO2.C10H5Cl2F3N4O2.C8H11Cl2NO.C5H12NO4P/c1-4-12-8-6-7-11(3)14(12)16(10-18-5-2)13(17)9-15;11-5-1-4(10(13,14)15)2-6(12)8(5)18-9(16)7(3-17-18)19(20)21;1-3-5-11(6-4-2)8(12)7(9)10;1-11(9,10)3-2-4(6)5(7)8/h6-8H,4-5,9-10H2,1-3H3;1-3H,16H2;3-4,7H,1-2,5-6H2;4H,2-3,6H2,1H3,(H,7,8)(H,9,10). The van der Waals surface area contributed by atoms with E-state index in [4.69, 9.17) is 84.2 Å². The van der Waals surface area contributed by atoms with Crippen molar-refractivity contribution in [3.63, 3.8) is 0 Å². The quantitative estimate of drug-likeness (QED) is 0.0249. The summed E-state index contributed by atoms with van der Waals surface area (Å²) in [6, 6.07) is 6.26. The summed E-state index contributed by atoms with van der Waals surface area (Å²) in [6.45, 7) is 15.9. The monoisotopic (exact) mass is 997 g/mol. The van der Waals surface area contributed by atoms with Gasteiger partial charge in [0.05, 0.1) is 26.2 Å². The highest BCUT2D eigenvalue weighted by atomic mass is 35.5. The van der Waals surface area contributed by atoms with Gasteiger partial charge in [-0.25, -0.2) is 4.68 Å². The number of halogens is 8. The van der Waals surface area contributed by atoms with Crippen LogP contribution in [0.2, 0.25) is 10.0 Å². The zero-order valence-electron chi connectivity index (χ0n) is 34.0. The normalized spacial score (nSPS) is 12.2. The lowest BCUT2D eigenvalue weighted by Crippen LogP contribution is -2.35. The molecule has 25 heteroatoms. The zero-order chi connectivity index (χ0) is 48.1. The van der Waals surface area contributed by atoms with Gasteiger partial charge in [-0.15, -0.1) is 24.8 Å². The van der Waals surface area contributed by atoms with Crippen LogP contribution >= 0.6 is 65.4 Å². The number of nitrogen functional groups attached to an aromatic ring is 1. The molecule has 2 aromatic carbocycles. The average Bonchev–Trinajstić information content (AvgIpc) is 3.57. The summed E-state index contributed by atoms with van der Waals surface area (Å²) >= 11 is 28.0. The van der Waals surface area contributed by atoms with Crippen molar-refractivity contribution < 1.29 is 51.8 Å². The number of aliphatic carboxylic acids is 1. The molecule has 16 nitrogen and oxygen atoms in total. The highest BCUT2D eigenvalue weighted by Gasteiger charge is 2.33. The van der Waals surface area contributed by atoms with Gasteiger partial charge in [-0.2, -0.15) is 18.3 Å². The molecule has 0 radical (unpaired) electrons. The molecule has 3 rings (SSSR count). The van der Waals surface area contributed by atoms with Crippen LogP contribution in [0, 0.1) is 17.0 Å². The van der Waals surface area contributed by atoms with Gasteiger partial charge < -0.3 is 31.1 Å². The molecule has 0 fully saturated rings. The van der Waals surface area contributed by atoms with Crippen molar-refractivity contribution in [2.45, 2.75) is 50.7 Å². The van der Waals surface area contributed by atoms with Gasteiger partial charge in [0.2, 0.25) is 11.7 Å². The SMILES string of the molecule is C=CCN(CC=C)C(=O)C(Cl)Cl.CCOCN(C(=O)CCl)c1c(C)cccc1CC.CP(=O)(O)CCC(N)C(=O)O.Nc1c([N+](=O)[O-])cnn1-c1c(Cl)cc(C(F)(F)F)cc1Cl. The number of aromatic nitrogens is 2. The van der Waals surface area contributed by atoms with Gasteiger partial charge >= 0.3 is 17.8 Å². The van der Waals surface area contributed by atoms with Crippen molar-refractivity contribution in [3.05, 3.63) is 98.7 Å². The highest BCUT2D eigenvalue weighted by Crippen LogP contribution is 2.39. The number of aryl methyl sites for hydroxylation is 2. The van der Waals surface area contributed by atoms with Gasteiger partial charge in [0.15, 0.2) is 12.2 Å². The second-order valence-electron chi connectivity index (χ2n) is 12.5. The molecule has 0 aliphatic carbocycles. The lowest BCUT2D eigenvalue weighted by Gasteiger charge is -2.25. The Hall–Kier alpha value is -3.91. The van der Waals surface area contributed by atoms with Crippen LogP contribution in [-0.2, 0) is 36.3 Å². The molecule has 1 aromatic heterocycles. The molecular weight excluding hydrogens is 952 g/mol. The van der Waals surface area contributed by atoms with Crippen molar-refractivity contribution in [3.8, 4) is 5.69 Å². The molecule has 62 heavy (non-hydrogen) atoms. The Balaban J connectivity index is 0.000000831. The first kappa shape index (κ1) is 58.1. The molecule has 0 aliphatic rings. The highest BCUT2D eigenvalue weighted by molar-refractivity contribution is 7.57. The van der Waals surface area contributed by atoms with E-state index >= 15 is 0 Å². The van der Waals surface area contributed by atoms with E-state index in [0.29, 0.717) is 31.8 Å². The van der Waals surface area contributed by atoms with Crippen LogP contribution in [0.25, 0.3) is 5.69 Å². The molecular formula is C37H48Cl5F3N7O9P. The predicted molar refractivity (Wildman–Crippen MR) is 238 cm³/mol. The number of anilines is 2. The number of carboxylic acids is 1. The van der Waals surface area contributed by atoms with Crippen molar-refractivity contribution in [1.82, 2.24) is 14.7 Å². The van der Waals surface area contributed by atoms with Crippen LogP contribution in [-0.4, -0.2) is 103 Å². The summed E-state index contributed by atoms with van der Waals surface area (Å²) in [6.07, 6.45) is 0.303. The smallest absolute Gasteiger partial charge is 0.416 e. The lowest BCUT2D eigenvalue weighted by atomic mass is 10.0. The van der Waals surface area contributed by atoms with Crippen LogP contribution in [0.15, 0.2) is 61.8 Å². The summed E-state index contributed by atoms with van der Waals surface area (Å²) < 4.78 is 54.7. The molecule has 0 saturated carbocycles. The van der Waals surface area contributed by atoms with Crippen LogP contribution in [0.3, 0.4) is 0 Å². The number of nitrogens with zero attached hydrogens (tertiary/aromatic N) is 5. The van der Waals surface area contributed by atoms with E-state index in [2.05, 4.69) is 25.2 Å². The zero-order valence-corrected chi connectivity index (χ0v) is 38.6. The fourth-order valence-electron chi connectivity index (χ4n) is 4.71. The third-order valence-electron chi connectivity index (χ3n) is 7.72. The number of ether oxygens (including phenoxy) is 1. The number of nitro groups is 1. The van der Waals surface area contributed by atoms with E-state index in [1.807, 2.05) is 32.0 Å². The third-order valence-corrected chi connectivity index (χ3v) is 9.99. The summed E-state index contributed by atoms with van der Waals surface area (Å²) in [5, 5.41) is 21.8. The topological polar surface area (TPSA) is 237 Å². The molecule has 3 aromatic rings. The first-order valence-electron chi connectivity index (χ1n) is 17.9. The summed E-state index contributed by atoms with van der Waals surface area (Å²) in [7, 11) is -3.10. The number of hydrogen-bond donors (Lipinski definition) is 4. The van der Waals surface area contributed by atoms with E-state index in [1.165, 1.54) is 11.6 Å². The second-order valence-corrected chi connectivity index (χ2v) is 17.2. The van der Waals surface area contributed by atoms with Crippen LogP contribution < -0.4 is 16.4 Å². The Morgan fingerprint density at radius 1 is 1.13 bits per heavy atom. The Kier molecular flexibility index (Phi) is 26.2. The van der Waals surface area contributed by atoms with Gasteiger partial charge in [0.25, 0.3) is 5.91 Å². The molecule has 0 aliphatic heterocycles. The molecule has 0 bridgehead atoms. The van der Waals surface area contributed by atoms with E-state index in [1.54, 1.807) is 17.1 Å². The van der Waals surface area contributed by atoms with Crippen molar-refractivity contribution in [2.75, 3.05) is 55.8 Å². The van der Waals surface area contributed by atoms with E-state index in [-0.39, 0.29) is 52.7 Å². The lowest BCUT2D eigenvalue weighted by molar-refractivity contribution is -0.383. The van der Waals surface area contributed by atoms with Crippen LogP contribution in [0.5, 0.6) is 0 Å². The largest absolute Gasteiger partial charge is 0.480 e. The van der Waals surface area contributed by atoms with E-state index < -0.39 is 52.4 Å². The van der Waals surface area contributed by atoms with Crippen LogP contribution in [0.1, 0.15) is 37.0 Å². The van der Waals surface area contributed by atoms with Crippen LogP contribution in [0.4, 0.5) is 30.4 Å². The van der Waals surface area contributed by atoms with E-state index in [0.717, 1.165) is 34.1 Å². The number of amides is 2. The molecule has 1 heterocycles. The minimum Gasteiger partial charge on any atom is -0.480 e. The maximum Gasteiger partial charge on any atom is 0.416 e. The molecule has 346 valence electrons. The fraction of sp³-hybridized carbons (Fsp3) is 0.405. The number of rotatable bonds is 17. The maximum atomic E-state index is 12.6. The Morgan fingerprint density at radius 2 is 1.68 bits per heavy atom. The minimum atomic E-state index is -4.63. The maximum absolute atomic E-state index is 12.6. The van der Waals surface area contributed by atoms with Crippen molar-refractivity contribution in [1.29, 1.82) is 0 Å². The summed E-state index contributed by atoms with van der Waals surface area (Å²) in [5.41, 5.74) is 12.0. The molecule has 2 atom stereocenters. The molecule has 6 N–H and O–H groups in total. The van der Waals surface area contributed by atoms with Gasteiger partial charge in [-0.05, 0) is 49.9 Å². The minimum absolute atomic E-state index is 0.0371. The number of carbonyl (C=O) groups excluding carboxylic acids is 2. The third kappa shape index (κ3) is 19.6. The molecule has 0 spiro atoms. The van der Waals surface area contributed by atoms with Gasteiger partial charge in [0.1, 0.15) is 30.5 Å². The number of para-hydroxylation sites is 1. The molecule has 2 amide bonds. The van der Waals surface area contributed by atoms with Gasteiger partial charge in [0, 0.05) is 32.5 Å². The second kappa shape index (κ2) is 28.0. The Bertz CT molecular complexity index is 2010. The summed E-state index contributed by atoms with van der Waals surface area (Å²) in [5.74, 6) is -2.03. The first-order valence-corrected chi connectivity index (χ1v) is 22.3. The number of benzene rings is 2.